The Labute approximate surface area is 167 Å². The van der Waals surface area contributed by atoms with Gasteiger partial charge in [-0.05, 0) is 43.2 Å². The number of aromatic nitrogens is 2. The van der Waals surface area contributed by atoms with Gasteiger partial charge in [-0.3, -0.25) is 14.6 Å². The third-order valence-corrected chi connectivity index (χ3v) is 5.19. The first kappa shape index (κ1) is 18.4. The number of pyridine rings is 2. The van der Waals surface area contributed by atoms with Gasteiger partial charge in [0.15, 0.2) is 0 Å². The molecule has 1 fully saturated rings. The molecule has 2 amide bonds. The van der Waals surface area contributed by atoms with Crippen LogP contribution in [0.1, 0.15) is 23.2 Å². The molecular formula is C21H19ClN4O2. The summed E-state index contributed by atoms with van der Waals surface area (Å²) in [5.41, 5.74) is 1.14. The average Bonchev–Trinajstić information content (AvgIpc) is 2.73. The number of hydrogen-bond donors (Lipinski definition) is 1. The quantitative estimate of drug-likeness (QED) is 0.733. The lowest BCUT2D eigenvalue weighted by atomic mass is 9.95. The lowest BCUT2D eigenvalue weighted by Gasteiger charge is -2.31. The van der Waals surface area contributed by atoms with Crippen LogP contribution in [0.3, 0.4) is 0 Å². The SMILES string of the molecule is O=C(Nc1ccccn1)C1CCN(C(=O)c2cc(Cl)cc3cccnc23)CC1. The summed E-state index contributed by atoms with van der Waals surface area (Å²) in [5, 5.41) is 4.18. The lowest BCUT2D eigenvalue weighted by Crippen LogP contribution is -2.41. The number of carbonyl (C=O) groups is 2. The highest BCUT2D eigenvalue weighted by molar-refractivity contribution is 6.32. The summed E-state index contributed by atoms with van der Waals surface area (Å²) in [4.78, 5) is 35.7. The van der Waals surface area contributed by atoms with Crippen LogP contribution in [0.2, 0.25) is 5.02 Å². The third kappa shape index (κ3) is 3.82. The monoisotopic (exact) mass is 394 g/mol. The molecule has 0 saturated carbocycles. The number of amides is 2. The molecule has 6 nitrogen and oxygen atoms in total. The van der Waals surface area contributed by atoms with Gasteiger partial charge in [0, 0.05) is 41.8 Å². The molecule has 142 valence electrons. The Morgan fingerprint density at radius 1 is 1.04 bits per heavy atom. The molecule has 1 aromatic carbocycles. The number of rotatable bonds is 3. The highest BCUT2D eigenvalue weighted by Crippen LogP contribution is 2.26. The van der Waals surface area contributed by atoms with E-state index in [0.717, 1.165) is 5.39 Å². The van der Waals surface area contributed by atoms with E-state index >= 15 is 0 Å². The summed E-state index contributed by atoms with van der Waals surface area (Å²) in [5.74, 6) is 0.248. The number of fused-ring (bicyclic) bond motifs is 1. The fourth-order valence-electron chi connectivity index (χ4n) is 3.50. The van der Waals surface area contributed by atoms with Gasteiger partial charge in [0.1, 0.15) is 5.82 Å². The Hall–Kier alpha value is -2.99. The predicted molar refractivity (Wildman–Crippen MR) is 108 cm³/mol. The van der Waals surface area contributed by atoms with Gasteiger partial charge in [-0.1, -0.05) is 23.7 Å². The summed E-state index contributed by atoms with van der Waals surface area (Å²) in [6, 6.07) is 12.6. The molecule has 1 aliphatic rings. The maximum absolute atomic E-state index is 13.1. The van der Waals surface area contributed by atoms with E-state index in [1.807, 2.05) is 18.2 Å². The standard InChI is InChI=1S/C21H19ClN4O2/c22-16-12-15-4-3-9-24-19(15)17(13-16)21(28)26-10-6-14(7-11-26)20(27)25-18-5-1-2-8-23-18/h1-5,8-9,12-14H,6-7,10-11H2,(H,23,25,27). The summed E-state index contributed by atoms with van der Waals surface area (Å²) in [7, 11) is 0. The molecule has 0 atom stereocenters. The number of benzene rings is 1. The van der Waals surface area contributed by atoms with Crippen LogP contribution < -0.4 is 5.32 Å². The first-order valence-electron chi connectivity index (χ1n) is 9.17. The number of anilines is 1. The Balaban J connectivity index is 1.44. The Morgan fingerprint density at radius 3 is 2.57 bits per heavy atom. The van der Waals surface area contributed by atoms with E-state index in [4.69, 9.17) is 11.6 Å². The molecule has 2 aromatic heterocycles. The fourth-order valence-corrected chi connectivity index (χ4v) is 3.73. The maximum atomic E-state index is 13.1. The zero-order valence-electron chi connectivity index (χ0n) is 15.1. The van der Waals surface area contributed by atoms with E-state index in [2.05, 4.69) is 15.3 Å². The molecule has 0 aliphatic carbocycles. The molecule has 1 saturated heterocycles. The van der Waals surface area contributed by atoms with Crippen LogP contribution in [0.4, 0.5) is 5.82 Å². The van der Waals surface area contributed by atoms with Gasteiger partial charge in [0.25, 0.3) is 5.91 Å². The smallest absolute Gasteiger partial charge is 0.256 e. The number of nitrogens with one attached hydrogen (secondary N) is 1. The van der Waals surface area contributed by atoms with E-state index in [0.29, 0.717) is 47.9 Å². The van der Waals surface area contributed by atoms with E-state index in [1.165, 1.54) is 0 Å². The van der Waals surface area contributed by atoms with Crippen molar-refractivity contribution in [1.82, 2.24) is 14.9 Å². The Kier molecular flexibility index (Phi) is 5.21. The molecule has 0 unspecified atom stereocenters. The van der Waals surface area contributed by atoms with E-state index in [9.17, 15) is 9.59 Å². The van der Waals surface area contributed by atoms with Crippen molar-refractivity contribution in [3.05, 3.63) is 65.4 Å². The second kappa shape index (κ2) is 7.94. The van der Waals surface area contributed by atoms with Crippen LogP contribution >= 0.6 is 11.6 Å². The van der Waals surface area contributed by atoms with Gasteiger partial charge >= 0.3 is 0 Å². The van der Waals surface area contributed by atoms with Crippen molar-refractivity contribution < 1.29 is 9.59 Å². The summed E-state index contributed by atoms with van der Waals surface area (Å²) < 4.78 is 0. The molecular weight excluding hydrogens is 376 g/mol. The molecule has 28 heavy (non-hydrogen) atoms. The topological polar surface area (TPSA) is 75.2 Å². The minimum atomic E-state index is -0.139. The Morgan fingerprint density at radius 2 is 1.82 bits per heavy atom. The van der Waals surface area contributed by atoms with E-state index in [1.54, 1.807) is 41.6 Å². The van der Waals surface area contributed by atoms with Crippen molar-refractivity contribution in [3.8, 4) is 0 Å². The molecule has 1 aliphatic heterocycles. The summed E-state index contributed by atoms with van der Waals surface area (Å²) in [6.07, 6.45) is 4.52. The first-order valence-corrected chi connectivity index (χ1v) is 9.55. The molecule has 0 bridgehead atoms. The highest BCUT2D eigenvalue weighted by Gasteiger charge is 2.29. The van der Waals surface area contributed by atoms with Crippen molar-refractivity contribution in [3.63, 3.8) is 0 Å². The van der Waals surface area contributed by atoms with Crippen LogP contribution in [0.15, 0.2) is 54.9 Å². The molecule has 0 spiro atoms. The second-order valence-corrected chi connectivity index (χ2v) is 7.24. The van der Waals surface area contributed by atoms with Crippen molar-refractivity contribution in [2.24, 2.45) is 5.92 Å². The fraction of sp³-hybridized carbons (Fsp3) is 0.238. The van der Waals surface area contributed by atoms with Crippen LogP contribution in [0.5, 0.6) is 0 Å². The molecule has 1 N–H and O–H groups in total. The summed E-state index contributed by atoms with van der Waals surface area (Å²) >= 11 is 6.19. The van der Waals surface area contributed by atoms with Gasteiger partial charge in [-0.15, -0.1) is 0 Å². The average molecular weight is 395 g/mol. The van der Waals surface area contributed by atoms with Crippen molar-refractivity contribution in [2.75, 3.05) is 18.4 Å². The van der Waals surface area contributed by atoms with E-state index < -0.39 is 0 Å². The highest BCUT2D eigenvalue weighted by atomic mass is 35.5. The number of piperidine rings is 1. The summed E-state index contributed by atoms with van der Waals surface area (Å²) in [6.45, 7) is 1.03. The number of carbonyl (C=O) groups excluding carboxylic acids is 2. The van der Waals surface area contributed by atoms with Crippen LogP contribution in [0.25, 0.3) is 10.9 Å². The predicted octanol–water partition coefficient (Wildman–Crippen LogP) is 3.77. The first-order chi connectivity index (χ1) is 13.6. The van der Waals surface area contributed by atoms with Gasteiger partial charge in [-0.2, -0.15) is 0 Å². The minimum Gasteiger partial charge on any atom is -0.339 e. The Bertz CT molecular complexity index is 1020. The van der Waals surface area contributed by atoms with Crippen molar-refractivity contribution >= 4 is 40.1 Å². The largest absolute Gasteiger partial charge is 0.339 e. The number of likely N-dealkylation sites (tertiary alicyclic amines) is 1. The van der Waals surface area contributed by atoms with Gasteiger partial charge in [0.2, 0.25) is 5.91 Å². The van der Waals surface area contributed by atoms with Gasteiger partial charge < -0.3 is 10.2 Å². The molecule has 3 heterocycles. The van der Waals surface area contributed by atoms with Gasteiger partial charge in [-0.25, -0.2) is 4.98 Å². The molecule has 4 rings (SSSR count). The minimum absolute atomic E-state index is 0.0549. The normalized spacial score (nSPS) is 14.8. The molecule has 7 heteroatoms. The zero-order valence-corrected chi connectivity index (χ0v) is 15.9. The van der Waals surface area contributed by atoms with Crippen LogP contribution in [-0.2, 0) is 4.79 Å². The number of halogens is 1. The lowest BCUT2D eigenvalue weighted by molar-refractivity contribution is -0.121. The maximum Gasteiger partial charge on any atom is 0.256 e. The number of nitrogens with zero attached hydrogens (tertiary/aromatic N) is 3. The van der Waals surface area contributed by atoms with Crippen molar-refractivity contribution in [2.45, 2.75) is 12.8 Å². The van der Waals surface area contributed by atoms with Crippen LogP contribution in [-0.4, -0.2) is 39.8 Å². The molecule has 0 radical (unpaired) electrons. The third-order valence-electron chi connectivity index (χ3n) is 4.97. The van der Waals surface area contributed by atoms with Crippen LogP contribution in [0, 0.1) is 5.92 Å². The molecule has 3 aromatic rings. The van der Waals surface area contributed by atoms with Crippen molar-refractivity contribution in [1.29, 1.82) is 0 Å². The van der Waals surface area contributed by atoms with E-state index in [-0.39, 0.29) is 17.7 Å². The second-order valence-electron chi connectivity index (χ2n) is 6.80. The zero-order chi connectivity index (χ0) is 19.5. The van der Waals surface area contributed by atoms with Gasteiger partial charge in [0.05, 0.1) is 11.1 Å². The number of hydrogen-bond acceptors (Lipinski definition) is 4.